The van der Waals surface area contributed by atoms with Gasteiger partial charge in [0.25, 0.3) is 0 Å². The molecule has 15 heavy (non-hydrogen) atoms. The van der Waals surface area contributed by atoms with Gasteiger partial charge < -0.3 is 0 Å². The number of alkyl halides is 1. The zero-order valence-corrected chi connectivity index (χ0v) is 10.1. The third-order valence-corrected chi connectivity index (χ3v) is 3.73. The second-order valence-electron chi connectivity index (χ2n) is 4.56. The number of hydrogen-bond donors (Lipinski definition) is 0. The van der Waals surface area contributed by atoms with Crippen LogP contribution in [0.4, 0.5) is 0 Å². The molecule has 2 nitrogen and oxygen atoms in total. The minimum atomic E-state index is 0.185. The SMILES string of the molecule is CC(C)C(Cl)Cc1ncnc2c1CCC2. The Bertz CT molecular complexity index is 349. The molecule has 0 amide bonds. The number of nitrogens with zero attached hydrogens (tertiary/aromatic N) is 2. The Labute approximate surface area is 96.1 Å². The Kier molecular flexibility index (Phi) is 3.25. The van der Waals surface area contributed by atoms with Crippen molar-refractivity contribution < 1.29 is 0 Å². The molecule has 1 heterocycles. The van der Waals surface area contributed by atoms with E-state index in [-0.39, 0.29) is 5.38 Å². The number of aryl methyl sites for hydroxylation is 1. The fourth-order valence-electron chi connectivity index (χ4n) is 2.02. The summed E-state index contributed by atoms with van der Waals surface area (Å²) in [6.45, 7) is 4.30. The summed E-state index contributed by atoms with van der Waals surface area (Å²) in [5.74, 6) is 0.499. The van der Waals surface area contributed by atoms with Crippen molar-refractivity contribution in [1.82, 2.24) is 9.97 Å². The summed E-state index contributed by atoms with van der Waals surface area (Å²) >= 11 is 6.29. The maximum atomic E-state index is 6.29. The van der Waals surface area contributed by atoms with E-state index in [0.717, 1.165) is 19.3 Å². The van der Waals surface area contributed by atoms with Crippen molar-refractivity contribution in [3.05, 3.63) is 23.3 Å². The number of halogens is 1. The first-order valence-electron chi connectivity index (χ1n) is 5.64. The van der Waals surface area contributed by atoms with Crippen LogP contribution in [-0.2, 0) is 19.3 Å². The molecule has 0 spiro atoms. The van der Waals surface area contributed by atoms with Crippen molar-refractivity contribution in [2.24, 2.45) is 5.92 Å². The van der Waals surface area contributed by atoms with Crippen LogP contribution in [0.25, 0.3) is 0 Å². The van der Waals surface area contributed by atoms with E-state index in [1.54, 1.807) is 6.33 Å². The van der Waals surface area contributed by atoms with Gasteiger partial charge in [0.1, 0.15) is 6.33 Å². The molecule has 0 N–H and O–H groups in total. The Morgan fingerprint density at radius 2 is 2.13 bits per heavy atom. The fraction of sp³-hybridized carbons (Fsp3) is 0.667. The first-order chi connectivity index (χ1) is 7.18. The fourth-order valence-corrected chi connectivity index (χ4v) is 2.17. The van der Waals surface area contributed by atoms with Crippen LogP contribution in [0.5, 0.6) is 0 Å². The summed E-state index contributed by atoms with van der Waals surface area (Å²) in [6, 6.07) is 0. The first kappa shape index (κ1) is 10.9. The van der Waals surface area contributed by atoms with E-state index < -0.39 is 0 Å². The van der Waals surface area contributed by atoms with Crippen molar-refractivity contribution in [3.8, 4) is 0 Å². The number of hydrogen-bond acceptors (Lipinski definition) is 2. The Morgan fingerprint density at radius 1 is 1.33 bits per heavy atom. The van der Waals surface area contributed by atoms with E-state index in [4.69, 9.17) is 11.6 Å². The monoisotopic (exact) mass is 224 g/mol. The van der Waals surface area contributed by atoms with Crippen LogP contribution >= 0.6 is 11.6 Å². The summed E-state index contributed by atoms with van der Waals surface area (Å²) in [6.07, 6.45) is 6.02. The molecule has 1 atom stereocenters. The van der Waals surface area contributed by atoms with Gasteiger partial charge in [-0.15, -0.1) is 11.6 Å². The Morgan fingerprint density at radius 3 is 2.87 bits per heavy atom. The van der Waals surface area contributed by atoms with Crippen molar-refractivity contribution in [2.45, 2.75) is 44.9 Å². The summed E-state index contributed by atoms with van der Waals surface area (Å²) < 4.78 is 0. The van der Waals surface area contributed by atoms with Crippen molar-refractivity contribution in [1.29, 1.82) is 0 Å². The third kappa shape index (κ3) is 2.31. The van der Waals surface area contributed by atoms with Crippen LogP contribution < -0.4 is 0 Å². The summed E-state index contributed by atoms with van der Waals surface area (Å²) in [4.78, 5) is 8.70. The molecule has 0 fully saturated rings. The highest BCUT2D eigenvalue weighted by Gasteiger charge is 2.19. The maximum absolute atomic E-state index is 6.29. The second-order valence-corrected chi connectivity index (χ2v) is 5.12. The lowest BCUT2D eigenvalue weighted by Gasteiger charge is -2.14. The molecule has 1 aliphatic carbocycles. The topological polar surface area (TPSA) is 25.8 Å². The largest absolute Gasteiger partial charge is 0.241 e. The third-order valence-electron chi connectivity index (χ3n) is 3.08. The molecule has 0 bridgehead atoms. The van der Waals surface area contributed by atoms with Gasteiger partial charge in [-0.3, -0.25) is 0 Å². The molecule has 2 rings (SSSR count). The van der Waals surface area contributed by atoms with E-state index in [1.807, 2.05) is 0 Å². The minimum Gasteiger partial charge on any atom is -0.241 e. The lowest BCUT2D eigenvalue weighted by Crippen LogP contribution is -2.14. The molecule has 1 aliphatic rings. The van der Waals surface area contributed by atoms with E-state index >= 15 is 0 Å². The lowest BCUT2D eigenvalue weighted by molar-refractivity contribution is 0.588. The van der Waals surface area contributed by atoms with Gasteiger partial charge in [0, 0.05) is 23.2 Å². The highest BCUT2D eigenvalue weighted by atomic mass is 35.5. The predicted octanol–water partition coefficient (Wildman–Crippen LogP) is 2.77. The van der Waals surface area contributed by atoms with Gasteiger partial charge in [0.15, 0.2) is 0 Å². The van der Waals surface area contributed by atoms with Crippen LogP contribution in [0.15, 0.2) is 6.33 Å². The normalized spacial score (nSPS) is 16.8. The molecule has 3 heteroatoms. The van der Waals surface area contributed by atoms with Gasteiger partial charge in [0.05, 0.1) is 0 Å². The van der Waals surface area contributed by atoms with Gasteiger partial charge in [-0.05, 0) is 30.7 Å². The first-order valence-corrected chi connectivity index (χ1v) is 6.08. The summed E-state index contributed by atoms with van der Waals surface area (Å²) in [7, 11) is 0. The molecule has 1 aromatic heterocycles. The highest BCUT2D eigenvalue weighted by Crippen LogP contribution is 2.24. The van der Waals surface area contributed by atoms with Crippen LogP contribution in [-0.4, -0.2) is 15.3 Å². The maximum Gasteiger partial charge on any atom is 0.115 e. The average molecular weight is 225 g/mol. The highest BCUT2D eigenvalue weighted by molar-refractivity contribution is 6.20. The number of fused-ring (bicyclic) bond motifs is 1. The van der Waals surface area contributed by atoms with E-state index in [0.29, 0.717) is 5.92 Å². The molecule has 82 valence electrons. The quantitative estimate of drug-likeness (QED) is 0.738. The van der Waals surface area contributed by atoms with Gasteiger partial charge >= 0.3 is 0 Å². The van der Waals surface area contributed by atoms with Crippen LogP contribution in [0.2, 0.25) is 0 Å². The Balaban J connectivity index is 2.19. The number of aromatic nitrogens is 2. The second kappa shape index (κ2) is 4.48. The molecule has 0 saturated heterocycles. The number of rotatable bonds is 3. The minimum absolute atomic E-state index is 0.185. The van der Waals surface area contributed by atoms with Crippen LogP contribution in [0.3, 0.4) is 0 Å². The van der Waals surface area contributed by atoms with Crippen molar-refractivity contribution in [3.63, 3.8) is 0 Å². The smallest absolute Gasteiger partial charge is 0.115 e. The zero-order chi connectivity index (χ0) is 10.8. The lowest BCUT2D eigenvalue weighted by atomic mass is 10.0. The van der Waals surface area contributed by atoms with Gasteiger partial charge in [-0.1, -0.05) is 13.8 Å². The molecule has 1 aromatic rings. The Hall–Kier alpha value is -0.630. The molecule has 1 unspecified atom stereocenters. The molecular formula is C12H17ClN2. The molecule has 0 aromatic carbocycles. The standard InChI is InChI=1S/C12H17ClN2/c1-8(2)10(13)6-12-9-4-3-5-11(9)14-7-15-12/h7-8,10H,3-6H2,1-2H3. The summed E-state index contributed by atoms with van der Waals surface area (Å²) in [5, 5.41) is 0.185. The van der Waals surface area contributed by atoms with Crippen LogP contribution in [0.1, 0.15) is 37.2 Å². The molecule has 0 radical (unpaired) electrons. The van der Waals surface area contributed by atoms with Crippen molar-refractivity contribution >= 4 is 11.6 Å². The van der Waals surface area contributed by atoms with E-state index in [2.05, 4.69) is 23.8 Å². The molecule has 0 aliphatic heterocycles. The van der Waals surface area contributed by atoms with Gasteiger partial charge in [-0.2, -0.15) is 0 Å². The average Bonchev–Trinajstić information content (AvgIpc) is 2.66. The summed E-state index contributed by atoms with van der Waals surface area (Å²) in [5.41, 5.74) is 3.78. The van der Waals surface area contributed by atoms with Crippen LogP contribution in [0, 0.1) is 5.92 Å². The molecule has 0 saturated carbocycles. The van der Waals surface area contributed by atoms with Gasteiger partial charge in [0.2, 0.25) is 0 Å². The van der Waals surface area contributed by atoms with Crippen molar-refractivity contribution in [2.75, 3.05) is 0 Å². The van der Waals surface area contributed by atoms with Gasteiger partial charge in [-0.25, -0.2) is 9.97 Å². The zero-order valence-electron chi connectivity index (χ0n) is 9.33. The van der Waals surface area contributed by atoms with E-state index in [9.17, 15) is 0 Å². The predicted molar refractivity (Wildman–Crippen MR) is 62.2 cm³/mol. The van der Waals surface area contributed by atoms with E-state index in [1.165, 1.54) is 23.4 Å². The molecular weight excluding hydrogens is 208 g/mol.